The van der Waals surface area contributed by atoms with Gasteiger partial charge >= 0.3 is 0 Å². The Morgan fingerprint density at radius 2 is 1.90 bits per heavy atom. The lowest BCUT2D eigenvalue weighted by Gasteiger charge is -2.27. The van der Waals surface area contributed by atoms with E-state index in [0.717, 1.165) is 15.6 Å². The highest BCUT2D eigenvalue weighted by molar-refractivity contribution is 7.89. The van der Waals surface area contributed by atoms with Crippen molar-refractivity contribution in [2.45, 2.75) is 36.9 Å². The second kappa shape index (κ2) is 7.76. The van der Waals surface area contributed by atoms with E-state index in [2.05, 4.69) is 0 Å². The van der Waals surface area contributed by atoms with Gasteiger partial charge in [0.1, 0.15) is 18.0 Å². The average Bonchev–Trinajstić information content (AvgIpc) is 3.32. The molecule has 29 heavy (non-hydrogen) atoms. The van der Waals surface area contributed by atoms with Crippen LogP contribution in [0.1, 0.15) is 18.9 Å². The molecule has 0 unspecified atom stereocenters. The van der Waals surface area contributed by atoms with Crippen molar-refractivity contribution in [2.75, 3.05) is 24.6 Å². The first-order chi connectivity index (χ1) is 13.9. The van der Waals surface area contributed by atoms with Gasteiger partial charge in [-0.1, -0.05) is 18.2 Å². The number of amides is 1. The molecule has 1 amide bonds. The van der Waals surface area contributed by atoms with Gasteiger partial charge in [-0.2, -0.15) is 4.31 Å². The molecule has 4 rings (SSSR count). The number of hydrogen-bond donors (Lipinski definition) is 0. The van der Waals surface area contributed by atoms with Crippen molar-refractivity contribution < 1.29 is 22.3 Å². The summed E-state index contributed by atoms with van der Waals surface area (Å²) in [4.78, 5) is 14.8. The summed E-state index contributed by atoms with van der Waals surface area (Å²) in [5, 5.41) is 0. The second-order valence-electron chi connectivity index (χ2n) is 7.20. The Balaban J connectivity index is 1.62. The van der Waals surface area contributed by atoms with E-state index >= 15 is 0 Å². The Morgan fingerprint density at radius 3 is 2.62 bits per heavy atom. The van der Waals surface area contributed by atoms with Crippen LogP contribution >= 0.6 is 0 Å². The molecule has 0 bridgehead atoms. The summed E-state index contributed by atoms with van der Waals surface area (Å²) in [6.07, 6.45) is -0.799. The van der Waals surface area contributed by atoms with Crippen LogP contribution in [0.5, 0.6) is 5.75 Å². The summed E-state index contributed by atoms with van der Waals surface area (Å²) in [5.41, 5.74) is 1.81. The number of hydrogen-bond acceptors (Lipinski definition) is 4. The molecule has 8 heteroatoms. The fourth-order valence-corrected chi connectivity index (χ4v) is 5.62. The van der Waals surface area contributed by atoms with Crippen molar-refractivity contribution in [1.82, 2.24) is 4.31 Å². The monoisotopic (exact) mass is 418 g/mol. The van der Waals surface area contributed by atoms with E-state index in [0.29, 0.717) is 25.3 Å². The number of benzene rings is 2. The van der Waals surface area contributed by atoms with Gasteiger partial charge in [-0.3, -0.25) is 4.79 Å². The minimum absolute atomic E-state index is 0.0228. The van der Waals surface area contributed by atoms with E-state index in [1.54, 1.807) is 17.0 Å². The summed E-state index contributed by atoms with van der Waals surface area (Å²) < 4.78 is 47.0. The molecule has 6 nitrogen and oxygen atoms in total. The number of rotatable bonds is 5. The number of para-hydroxylation sites is 1. The Labute approximate surface area is 169 Å². The lowest BCUT2D eigenvalue weighted by atomic mass is 10.1. The Hall–Kier alpha value is -2.45. The van der Waals surface area contributed by atoms with Gasteiger partial charge in [0, 0.05) is 25.2 Å². The summed E-state index contributed by atoms with van der Waals surface area (Å²) in [5.74, 6) is 0.183. The van der Waals surface area contributed by atoms with E-state index in [4.69, 9.17) is 4.74 Å². The predicted octanol–water partition coefficient (Wildman–Crippen LogP) is 2.78. The lowest BCUT2D eigenvalue weighted by molar-refractivity contribution is -0.121. The molecule has 2 aliphatic rings. The quantitative estimate of drug-likeness (QED) is 0.749. The maximum atomic E-state index is 14.3. The number of anilines is 1. The van der Waals surface area contributed by atoms with Crippen molar-refractivity contribution in [1.29, 1.82) is 0 Å². The molecule has 0 N–H and O–H groups in total. The van der Waals surface area contributed by atoms with Crippen LogP contribution < -0.4 is 9.64 Å². The standard InChI is InChI=1S/C21H23FN2O4S/c1-2-28-17-7-9-18(10-8-17)29(26,27)24-14-16(22)13-20(24)21(25)23-12-11-15-5-3-4-6-19(15)23/h3-10,16,20H,2,11-14H2,1H3/t16-,20-/m0/s1. The Bertz CT molecular complexity index is 1010. The van der Waals surface area contributed by atoms with Gasteiger partial charge in [0.2, 0.25) is 15.9 Å². The van der Waals surface area contributed by atoms with Crippen LogP contribution in [0, 0.1) is 0 Å². The van der Waals surface area contributed by atoms with Crippen molar-refractivity contribution in [3.8, 4) is 5.75 Å². The molecule has 0 aromatic heterocycles. The van der Waals surface area contributed by atoms with E-state index in [1.165, 1.54) is 12.1 Å². The average molecular weight is 418 g/mol. The van der Waals surface area contributed by atoms with Crippen LogP contribution in [0.3, 0.4) is 0 Å². The molecule has 0 aliphatic carbocycles. The highest BCUT2D eigenvalue weighted by Gasteiger charge is 2.46. The van der Waals surface area contributed by atoms with Crippen LogP contribution in [0.15, 0.2) is 53.4 Å². The number of carbonyl (C=O) groups excluding carboxylic acids is 1. The normalized spacial score (nSPS) is 21.9. The van der Waals surface area contributed by atoms with Gasteiger partial charge in [-0.15, -0.1) is 0 Å². The van der Waals surface area contributed by atoms with Crippen LogP contribution in [0.4, 0.5) is 10.1 Å². The number of ether oxygens (including phenoxy) is 1. The third-order valence-corrected chi connectivity index (χ3v) is 7.27. The maximum Gasteiger partial charge on any atom is 0.245 e. The van der Waals surface area contributed by atoms with Crippen molar-refractivity contribution in [3.63, 3.8) is 0 Å². The fourth-order valence-electron chi connectivity index (χ4n) is 4.00. The first-order valence-electron chi connectivity index (χ1n) is 9.70. The van der Waals surface area contributed by atoms with Gasteiger partial charge in [0.05, 0.1) is 11.5 Å². The topological polar surface area (TPSA) is 66.9 Å². The summed E-state index contributed by atoms with van der Waals surface area (Å²) in [6, 6.07) is 12.5. The first kappa shape index (κ1) is 19.8. The smallest absolute Gasteiger partial charge is 0.245 e. The minimum Gasteiger partial charge on any atom is -0.494 e. The van der Waals surface area contributed by atoms with Crippen LogP contribution in [-0.2, 0) is 21.2 Å². The zero-order valence-corrected chi connectivity index (χ0v) is 16.9. The highest BCUT2D eigenvalue weighted by atomic mass is 32.2. The molecule has 0 radical (unpaired) electrons. The van der Waals surface area contributed by atoms with Crippen molar-refractivity contribution >= 4 is 21.6 Å². The van der Waals surface area contributed by atoms with Crippen molar-refractivity contribution in [3.05, 3.63) is 54.1 Å². The fraction of sp³-hybridized carbons (Fsp3) is 0.381. The third kappa shape index (κ3) is 3.62. The number of fused-ring (bicyclic) bond motifs is 1. The van der Waals surface area contributed by atoms with Crippen LogP contribution in [0.2, 0.25) is 0 Å². The number of alkyl halides is 1. The molecule has 0 saturated carbocycles. The summed E-state index contributed by atoms with van der Waals surface area (Å²) in [6.45, 7) is 2.46. The predicted molar refractivity (Wildman–Crippen MR) is 107 cm³/mol. The molecule has 2 heterocycles. The molecule has 0 spiro atoms. The van der Waals surface area contributed by atoms with Crippen LogP contribution in [-0.4, -0.2) is 50.5 Å². The number of nitrogens with zero attached hydrogens (tertiary/aromatic N) is 2. The largest absolute Gasteiger partial charge is 0.494 e. The third-order valence-electron chi connectivity index (χ3n) is 5.38. The highest BCUT2D eigenvalue weighted by Crippen LogP contribution is 2.34. The van der Waals surface area contributed by atoms with E-state index in [9.17, 15) is 17.6 Å². The first-order valence-corrected chi connectivity index (χ1v) is 11.1. The molecular weight excluding hydrogens is 395 g/mol. The molecule has 154 valence electrons. The maximum absolute atomic E-state index is 14.3. The molecule has 1 saturated heterocycles. The molecule has 2 aromatic carbocycles. The van der Waals surface area contributed by atoms with Crippen LogP contribution in [0.25, 0.3) is 0 Å². The van der Waals surface area contributed by atoms with E-state index in [1.807, 2.05) is 31.2 Å². The Morgan fingerprint density at radius 1 is 1.17 bits per heavy atom. The summed E-state index contributed by atoms with van der Waals surface area (Å²) in [7, 11) is -4.01. The number of sulfonamides is 1. The SMILES string of the molecule is CCOc1ccc(S(=O)(=O)N2C[C@@H](F)C[C@H]2C(=O)N2CCc3ccccc32)cc1. The van der Waals surface area contributed by atoms with Gasteiger partial charge in [-0.05, 0) is 49.2 Å². The molecule has 2 atom stereocenters. The molecule has 2 aromatic rings. The molecule has 2 aliphatic heterocycles. The zero-order chi connectivity index (χ0) is 20.6. The van der Waals surface area contributed by atoms with Crippen molar-refractivity contribution in [2.24, 2.45) is 0 Å². The molecule has 1 fully saturated rings. The lowest BCUT2D eigenvalue weighted by Crippen LogP contribution is -2.47. The second-order valence-corrected chi connectivity index (χ2v) is 9.09. The number of halogens is 1. The van der Waals surface area contributed by atoms with E-state index < -0.39 is 22.2 Å². The Kier molecular flexibility index (Phi) is 5.31. The summed E-state index contributed by atoms with van der Waals surface area (Å²) >= 11 is 0. The molecular formula is C21H23FN2O4S. The zero-order valence-electron chi connectivity index (χ0n) is 16.1. The van der Waals surface area contributed by atoms with Gasteiger partial charge in [0.25, 0.3) is 0 Å². The van der Waals surface area contributed by atoms with E-state index in [-0.39, 0.29) is 23.8 Å². The number of carbonyl (C=O) groups is 1. The van der Waals surface area contributed by atoms with Gasteiger partial charge in [0.15, 0.2) is 0 Å². The van der Waals surface area contributed by atoms with Gasteiger partial charge in [-0.25, -0.2) is 12.8 Å². The minimum atomic E-state index is -4.01. The van der Waals surface area contributed by atoms with Gasteiger partial charge < -0.3 is 9.64 Å².